The number of aromatic nitrogens is 1. The molecule has 2 N–H and O–H groups in total. The second-order valence-corrected chi connectivity index (χ2v) is 8.36. The van der Waals surface area contributed by atoms with Crippen LogP contribution in [-0.2, 0) is 6.54 Å². The topological polar surface area (TPSA) is 77.6 Å². The van der Waals surface area contributed by atoms with Crippen LogP contribution in [0.4, 0.5) is 11.5 Å². The molecule has 0 unspecified atom stereocenters. The summed E-state index contributed by atoms with van der Waals surface area (Å²) < 4.78 is 0. The van der Waals surface area contributed by atoms with Gasteiger partial charge in [0.05, 0.1) is 22.3 Å². The fourth-order valence-electron chi connectivity index (χ4n) is 3.55. The Balaban J connectivity index is 1.61. The number of amides is 2. The number of thiophene rings is 1. The zero-order valence-electron chi connectivity index (χ0n) is 17.4. The average molecular weight is 436 g/mol. The summed E-state index contributed by atoms with van der Waals surface area (Å²) in [5.74, 6) is 0.320. The Labute approximate surface area is 185 Å². The van der Waals surface area contributed by atoms with Crippen LogP contribution in [0.3, 0.4) is 0 Å². The molecule has 31 heavy (non-hydrogen) atoms. The first kappa shape index (κ1) is 21.0. The van der Waals surface area contributed by atoms with Crippen LogP contribution < -0.4 is 15.5 Å². The zero-order chi connectivity index (χ0) is 21.6. The van der Waals surface area contributed by atoms with E-state index in [9.17, 15) is 9.59 Å². The molecule has 1 aromatic carbocycles. The number of nitrogens with zero attached hydrogens (tertiary/aromatic N) is 3. The molecule has 3 heterocycles. The van der Waals surface area contributed by atoms with Crippen LogP contribution in [0.25, 0.3) is 0 Å². The van der Waals surface area contributed by atoms with Crippen molar-refractivity contribution in [3.05, 3.63) is 76.1 Å². The predicted molar refractivity (Wildman–Crippen MR) is 124 cm³/mol. The second-order valence-electron chi connectivity index (χ2n) is 7.41. The van der Waals surface area contributed by atoms with Crippen LogP contribution >= 0.6 is 11.3 Å². The van der Waals surface area contributed by atoms with E-state index in [2.05, 4.69) is 20.5 Å². The monoisotopic (exact) mass is 435 g/mol. The Bertz CT molecular complexity index is 1030. The lowest BCUT2D eigenvalue weighted by Crippen LogP contribution is -2.44. The molecule has 4 rings (SSSR count). The third kappa shape index (κ3) is 5.10. The van der Waals surface area contributed by atoms with Crippen molar-refractivity contribution in [3.63, 3.8) is 0 Å². The smallest absolute Gasteiger partial charge is 0.265 e. The Hall–Kier alpha value is -3.23. The average Bonchev–Trinajstić information content (AvgIpc) is 3.35. The van der Waals surface area contributed by atoms with E-state index in [0.717, 1.165) is 31.7 Å². The van der Waals surface area contributed by atoms with E-state index in [1.54, 1.807) is 30.3 Å². The minimum absolute atomic E-state index is 0.128. The van der Waals surface area contributed by atoms with Crippen molar-refractivity contribution in [2.45, 2.75) is 6.54 Å². The molecule has 3 aromatic rings. The van der Waals surface area contributed by atoms with Gasteiger partial charge in [-0.05, 0) is 23.1 Å². The fourth-order valence-corrected chi connectivity index (χ4v) is 4.17. The zero-order valence-corrected chi connectivity index (χ0v) is 18.2. The van der Waals surface area contributed by atoms with Crippen LogP contribution in [0.5, 0.6) is 0 Å². The Morgan fingerprint density at radius 1 is 1.16 bits per heavy atom. The van der Waals surface area contributed by atoms with Crippen molar-refractivity contribution >= 4 is 34.7 Å². The first-order valence-electron chi connectivity index (χ1n) is 10.2. The number of benzene rings is 1. The highest BCUT2D eigenvalue weighted by atomic mass is 32.1. The summed E-state index contributed by atoms with van der Waals surface area (Å²) in [4.78, 5) is 34.9. The number of carbonyl (C=O) groups excluding carboxylic acids is 2. The third-order valence-electron chi connectivity index (χ3n) is 5.13. The Morgan fingerprint density at radius 2 is 1.94 bits per heavy atom. The number of nitrogens with one attached hydrogen (secondary N) is 2. The van der Waals surface area contributed by atoms with Gasteiger partial charge in [0.25, 0.3) is 11.8 Å². The van der Waals surface area contributed by atoms with E-state index in [1.807, 2.05) is 41.8 Å². The minimum Gasteiger partial charge on any atom is -0.353 e. The molecule has 7 nitrogen and oxygen atoms in total. The van der Waals surface area contributed by atoms with Crippen molar-refractivity contribution in [2.75, 3.05) is 43.4 Å². The number of rotatable bonds is 6. The third-order valence-corrected chi connectivity index (χ3v) is 5.99. The summed E-state index contributed by atoms with van der Waals surface area (Å²) >= 11 is 1.37. The predicted octanol–water partition coefficient (Wildman–Crippen LogP) is 3.08. The number of hydrogen-bond acceptors (Lipinski definition) is 6. The van der Waals surface area contributed by atoms with Crippen molar-refractivity contribution in [3.8, 4) is 0 Å². The largest absolute Gasteiger partial charge is 0.353 e. The van der Waals surface area contributed by atoms with E-state index >= 15 is 0 Å². The maximum absolute atomic E-state index is 13.4. The summed E-state index contributed by atoms with van der Waals surface area (Å²) in [5.41, 5.74) is 2.05. The molecular weight excluding hydrogens is 410 g/mol. The lowest BCUT2D eigenvalue weighted by atomic mass is 10.1. The van der Waals surface area contributed by atoms with Crippen molar-refractivity contribution in [1.29, 1.82) is 0 Å². The molecule has 1 saturated heterocycles. The van der Waals surface area contributed by atoms with Gasteiger partial charge in [-0.3, -0.25) is 9.59 Å². The van der Waals surface area contributed by atoms with Gasteiger partial charge in [0, 0.05) is 39.8 Å². The SMILES string of the molecule is CN(Cc1ccccc1)C(=O)c1cc(NC(=O)c2cccs2)cnc1N1CCNCC1. The highest BCUT2D eigenvalue weighted by molar-refractivity contribution is 7.12. The fraction of sp³-hybridized carbons (Fsp3) is 0.261. The summed E-state index contributed by atoms with van der Waals surface area (Å²) in [6, 6.07) is 15.2. The molecule has 2 amide bonds. The van der Waals surface area contributed by atoms with Gasteiger partial charge in [-0.15, -0.1) is 11.3 Å². The molecule has 0 aliphatic carbocycles. The van der Waals surface area contributed by atoms with Crippen LogP contribution in [0.1, 0.15) is 25.6 Å². The van der Waals surface area contributed by atoms with Crippen LogP contribution in [0.2, 0.25) is 0 Å². The van der Waals surface area contributed by atoms with Gasteiger partial charge in [0.2, 0.25) is 0 Å². The highest BCUT2D eigenvalue weighted by Gasteiger charge is 2.23. The second kappa shape index (κ2) is 9.72. The lowest BCUT2D eigenvalue weighted by Gasteiger charge is -2.30. The van der Waals surface area contributed by atoms with E-state index < -0.39 is 0 Å². The van der Waals surface area contributed by atoms with E-state index in [-0.39, 0.29) is 11.8 Å². The molecule has 2 aromatic heterocycles. The minimum atomic E-state index is -0.206. The van der Waals surface area contributed by atoms with Gasteiger partial charge in [-0.2, -0.15) is 0 Å². The van der Waals surface area contributed by atoms with Gasteiger partial charge >= 0.3 is 0 Å². The number of carbonyl (C=O) groups is 2. The number of pyridine rings is 1. The molecule has 1 aliphatic heterocycles. The molecular formula is C23H25N5O2S. The number of hydrogen-bond donors (Lipinski definition) is 2. The molecule has 0 bridgehead atoms. The first-order chi connectivity index (χ1) is 15.1. The normalized spacial score (nSPS) is 13.6. The lowest BCUT2D eigenvalue weighted by molar-refractivity contribution is 0.0785. The molecule has 0 saturated carbocycles. The molecule has 8 heteroatoms. The van der Waals surface area contributed by atoms with Crippen LogP contribution in [-0.4, -0.2) is 54.9 Å². The molecule has 1 aliphatic rings. The first-order valence-corrected chi connectivity index (χ1v) is 11.1. The van der Waals surface area contributed by atoms with Gasteiger partial charge in [-0.1, -0.05) is 36.4 Å². The molecule has 0 radical (unpaired) electrons. The summed E-state index contributed by atoms with van der Waals surface area (Å²) in [5, 5.41) is 8.04. The highest BCUT2D eigenvalue weighted by Crippen LogP contribution is 2.24. The summed E-state index contributed by atoms with van der Waals surface area (Å²) in [7, 11) is 1.79. The summed E-state index contributed by atoms with van der Waals surface area (Å²) in [6.45, 7) is 3.72. The number of anilines is 2. The Morgan fingerprint density at radius 3 is 2.65 bits per heavy atom. The van der Waals surface area contributed by atoms with Gasteiger partial charge in [0.1, 0.15) is 5.82 Å². The standard InChI is InChI=1S/C23H25N5O2S/c1-27(16-17-6-3-2-4-7-17)23(30)19-14-18(26-22(29)20-8-5-13-31-20)15-25-21(19)28-11-9-24-10-12-28/h2-8,13-15,24H,9-12,16H2,1H3,(H,26,29). The van der Waals surface area contributed by atoms with Crippen LogP contribution in [0, 0.1) is 0 Å². The summed E-state index contributed by atoms with van der Waals surface area (Å²) in [6.07, 6.45) is 1.62. The van der Waals surface area contributed by atoms with E-state index in [0.29, 0.717) is 28.5 Å². The quantitative estimate of drug-likeness (QED) is 0.622. The van der Waals surface area contributed by atoms with Crippen molar-refractivity contribution in [1.82, 2.24) is 15.2 Å². The number of piperazine rings is 1. The van der Waals surface area contributed by atoms with Crippen molar-refractivity contribution < 1.29 is 9.59 Å². The maximum Gasteiger partial charge on any atom is 0.265 e. The van der Waals surface area contributed by atoms with Crippen LogP contribution in [0.15, 0.2) is 60.1 Å². The Kier molecular flexibility index (Phi) is 6.59. The van der Waals surface area contributed by atoms with Gasteiger partial charge in [-0.25, -0.2) is 4.98 Å². The molecule has 0 spiro atoms. The van der Waals surface area contributed by atoms with E-state index in [4.69, 9.17) is 0 Å². The van der Waals surface area contributed by atoms with Gasteiger partial charge in [0.15, 0.2) is 0 Å². The van der Waals surface area contributed by atoms with Gasteiger partial charge < -0.3 is 20.4 Å². The van der Waals surface area contributed by atoms with E-state index in [1.165, 1.54) is 11.3 Å². The molecule has 1 fully saturated rings. The molecule has 0 atom stereocenters. The molecule has 160 valence electrons. The van der Waals surface area contributed by atoms with Crippen molar-refractivity contribution in [2.24, 2.45) is 0 Å². The maximum atomic E-state index is 13.4.